The summed E-state index contributed by atoms with van der Waals surface area (Å²) in [5.74, 6) is 0. The van der Waals surface area contributed by atoms with Gasteiger partial charge < -0.3 is 5.32 Å². The molecule has 0 amide bonds. The molecular formula is C31H36N2. The standard InChI is InChI=1S/C31H36N2/c1-20-17-21(2)19-24(18-20)28(32-8)26(23-14-10-9-11-15-23)29-31(6,7)30(4,5)25-16-12-13-22(3)27(25)33-29/h9-19,33H,1-8H3. The second-order valence-corrected chi connectivity index (χ2v) is 10.4. The molecule has 3 aromatic rings. The minimum absolute atomic E-state index is 0.0731. The van der Waals surface area contributed by atoms with Crippen LogP contribution in [0, 0.1) is 26.2 Å². The summed E-state index contributed by atoms with van der Waals surface area (Å²) >= 11 is 0. The lowest BCUT2D eigenvalue weighted by Crippen LogP contribution is -2.45. The fourth-order valence-corrected chi connectivity index (χ4v) is 5.16. The number of benzene rings is 3. The number of anilines is 1. The summed E-state index contributed by atoms with van der Waals surface area (Å²) in [6.07, 6.45) is 0. The van der Waals surface area contributed by atoms with Gasteiger partial charge in [-0.2, -0.15) is 0 Å². The van der Waals surface area contributed by atoms with Crippen LogP contribution < -0.4 is 5.32 Å². The molecule has 33 heavy (non-hydrogen) atoms. The average Bonchev–Trinajstić information content (AvgIpc) is 2.75. The van der Waals surface area contributed by atoms with Crippen LogP contribution in [0.25, 0.3) is 5.57 Å². The Bertz CT molecular complexity index is 1240. The summed E-state index contributed by atoms with van der Waals surface area (Å²) in [6, 6.07) is 24.1. The van der Waals surface area contributed by atoms with Crippen molar-refractivity contribution in [1.29, 1.82) is 0 Å². The molecule has 1 aliphatic rings. The van der Waals surface area contributed by atoms with Crippen LogP contribution in [-0.2, 0) is 5.41 Å². The van der Waals surface area contributed by atoms with Gasteiger partial charge >= 0.3 is 0 Å². The van der Waals surface area contributed by atoms with Gasteiger partial charge in [-0.15, -0.1) is 0 Å². The first kappa shape index (κ1) is 23.0. The van der Waals surface area contributed by atoms with Crippen molar-refractivity contribution in [2.45, 2.75) is 53.9 Å². The number of nitrogens with zero attached hydrogens (tertiary/aromatic N) is 1. The molecule has 0 aromatic heterocycles. The van der Waals surface area contributed by atoms with Crippen LogP contribution in [0.5, 0.6) is 0 Å². The van der Waals surface area contributed by atoms with E-state index in [2.05, 4.69) is 121 Å². The van der Waals surface area contributed by atoms with Crippen LogP contribution in [0.4, 0.5) is 5.69 Å². The third kappa shape index (κ3) is 3.82. The molecule has 0 aliphatic carbocycles. The van der Waals surface area contributed by atoms with Crippen molar-refractivity contribution in [2.75, 3.05) is 12.4 Å². The Morgan fingerprint density at radius 3 is 1.97 bits per heavy atom. The van der Waals surface area contributed by atoms with Crippen molar-refractivity contribution in [3.8, 4) is 0 Å². The van der Waals surface area contributed by atoms with E-state index >= 15 is 0 Å². The molecule has 3 aromatic carbocycles. The van der Waals surface area contributed by atoms with Crippen molar-refractivity contribution in [3.05, 3.63) is 106 Å². The molecule has 1 N–H and O–H groups in total. The number of rotatable bonds is 3. The van der Waals surface area contributed by atoms with Gasteiger partial charge in [0.25, 0.3) is 0 Å². The van der Waals surface area contributed by atoms with Gasteiger partial charge in [-0.3, -0.25) is 4.99 Å². The van der Waals surface area contributed by atoms with Gasteiger partial charge in [-0.1, -0.05) is 93.4 Å². The number of nitrogens with one attached hydrogen (secondary N) is 1. The molecule has 0 bridgehead atoms. The highest BCUT2D eigenvalue weighted by Crippen LogP contribution is 2.55. The Balaban J connectivity index is 2.09. The normalized spacial score (nSPS) is 18.4. The fraction of sp³-hybridized carbons (Fsp3) is 0.323. The average molecular weight is 437 g/mol. The molecule has 0 atom stereocenters. The molecule has 4 rings (SSSR count). The summed E-state index contributed by atoms with van der Waals surface area (Å²) in [6.45, 7) is 16.0. The van der Waals surface area contributed by atoms with Gasteiger partial charge in [0.15, 0.2) is 0 Å². The molecule has 1 aliphatic heterocycles. The van der Waals surface area contributed by atoms with Crippen molar-refractivity contribution in [1.82, 2.24) is 0 Å². The topological polar surface area (TPSA) is 24.4 Å². The van der Waals surface area contributed by atoms with Gasteiger partial charge in [-0.25, -0.2) is 0 Å². The van der Waals surface area contributed by atoms with E-state index < -0.39 is 0 Å². The number of aliphatic imine (C=N–C) groups is 1. The number of fused-ring (bicyclic) bond motifs is 1. The quantitative estimate of drug-likeness (QED) is 0.415. The molecule has 1 heterocycles. The van der Waals surface area contributed by atoms with Crippen molar-refractivity contribution >= 4 is 17.0 Å². The van der Waals surface area contributed by atoms with Gasteiger partial charge in [0.1, 0.15) is 0 Å². The Morgan fingerprint density at radius 2 is 1.36 bits per heavy atom. The molecule has 2 heteroatoms. The zero-order chi connectivity index (χ0) is 24.0. The maximum absolute atomic E-state index is 4.90. The molecule has 0 saturated heterocycles. The molecule has 0 fully saturated rings. The third-order valence-electron chi connectivity index (χ3n) is 7.65. The molecule has 0 radical (unpaired) electrons. The molecule has 0 saturated carbocycles. The zero-order valence-electron chi connectivity index (χ0n) is 21.3. The fourth-order valence-electron chi connectivity index (χ4n) is 5.16. The first-order valence-electron chi connectivity index (χ1n) is 11.8. The second-order valence-electron chi connectivity index (χ2n) is 10.4. The van der Waals surface area contributed by atoms with Crippen LogP contribution in [0.2, 0.25) is 0 Å². The number of hydrogen-bond donors (Lipinski definition) is 1. The SMILES string of the molecule is CN=C(C(=C1Nc2c(C)cccc2C(C)(C)C1(C)C)c1ccccc1)c1cc(C)cc(C)c1. The predicted octanol–water partition coefficient (Wildman–Crippen LogP) is 7.87. The maximum Gasteiger partial charge on any atom is 0.0739 e. The summed E-state index contributed by atoms with van der Waals surface area (Å²) in [5, 5.41) is 3.92. The molecule has 2 nitrogen and oxygen atoms in total. The van der Waals surface area contributed by atoms with Gasteiger partial charge in [-0.05, 0) is 49.6 Å². The van der Waals surface area contributed by atoms with E-state index in [-0.39, 0.29) is 10.8 Å². The number of aryl methyl sites for hydroxylation is 3. The largest absolute Gasteiger partial charge is 0.357 e. The van der Waals surface area contributed by atoms with E-state index in [9.17, 15) is 0 Å². The molecular weight excluding hydrogens is 400 g/mol. The van der Waals surface area contributed by atoms with Crippen LogP contribution in [-0.4, -0.2) is 12.8 Å². The van der Waals surface area contributed by atoms with E-state index in [0.717, 1.165) is 11.3 Å². The van der Waals surface area contributed by atoms with Crippen LogP contribution in [0.1, 0.15) is 61.1 Å². The smallest absolute Gasteiger partial charge is 0.0739 e. The highest BCUT2D eigenvalue weighted by Gasteiger charge is 2.48. The van der Waals surface area contributed by atoms with Crippen LogP contribution >= 0.6 is 0 Å². The van der Waals surface area contributed by atoms with Crippen molar-refractivity contribution in [2.24, 2.45) is 10.4 Å². The predicted molar refractivity (Wildman–Crippen MR) is 143 cm³/mol. The van der Waals surface area contributed by atoms with E-state index in [1.807, 2.05) is 7.05 Å². The number of para-hydroxylation sites is 1. The van der Waals surface area contributed by atoms with Crippen molar-refractivity contribution in [3.63, 3.8) is 0 Å². The van der Waals surface area contributed by atoms with Gasteiger partial charge in [0.05, 0.1) is 5.71 Å². The lowest BCUT2D eigenvalue weighted by Gasteiger charge is -2.50. The maximum atomic E-state index is 4.90. The highest BCUT2D eigenvalue weighted by molar-refractivity contribution is 6.33. The lowest BCUT2D eigenvalue weighted by molar-refractivity contribution is 0.245. The first-order chi connectivity index (χ1) is 15.6. The van der Waals surface area contributed by atoms with E-state index in [1.165, 1.54) is 44.8 Å². The Hall–Kier alpha value is -3.13. The van der Waals surface area contributed by atoms with Crippen molar-refractivity contribution < 1.29 is 0 Å². The minimum atomic E-state index is -0.159. The highest BCUT2D eigenvalue weighted by atomic mass is 15.0. The summed E-state index contributed by atoms with van der Waals surface area (Å²) in [4.78, 5) is 4.90. The first-order valence-corrected chi connectivity index (χ1v) is 11.8. The van der Waals surface area contributed by atoms with Crippen LogP contribution in [0.15, 0.2) is 77.4 Å². The van der Waals surface area contributed by atoms with E-state index in [1.54, 1.807) is 0 Å². The summed E-state index contributed by atoms with van der Waals surface area (Å²) in [5.41, 5.74) is 11.9. The lowest BCUT2D eigenvalue weighted by atomic mass is 9.58. The molecule has 0 unspecified atom stereocenters. The zero-order valence-corrected chi connectivity index (χ0v) is 21.3. The monoisotopic (exact) mass is 436 g/mol. The van der Waals surface area contributed by atoms with Gasteiger partial charge in [0.2, 0.25) is 0 Å². The van der Waals surface area contributed by atoms with E-state index in [0.29, 0.717) is 0 Å². The number of allylic oxidation sites excluding steroid dienone is 2. The second kappa shape index (κ2) is 8.33. The molecule has 170 valence electrons. The van der Waals surface area contributed by atoms with Gasteiger partial charge in [0, 0.05) is 40.4 Å². The summed E-state index contributed by atoms with van der Waals surface area (Å²) in [7, 11) is 1.91. The minimum Gasteiger partial charge on any atom is -0.357 e. The Labute approximate surface area is 199 Å². The number of hydrogen-bond acceptors (Lipinski definition) is 2. The Kier molecular flexibility index (Phi) is 5.82. The Morgan fingerprint density at radius 1 is 0.727 bits per heavy atom. The molecule has 0 spiro atoms. The van der Waals surface area contributed by atoms with E-state index in [4.69, 9.17) is 4.99 Å². The summed E-state index contributed by atoms with van der Waals surface area (Å²) < 4.78 is 0. The van der Waals surface area contributed by atoms with Crippen LogP contribution in [0.3, 0.4) is 0 Å². The third-order valence-corrected chi connectivity index (χ3v) is 7.65.